The van der Waals surface area contributed by atoms with Crippen molar-refractivity contribution in [3.8, 4) is 0 Å². The third-order valence-electron chi connectivity index (χ3n) is 1.81. The topological polar surface area (TPSA) is 12.4 Å². The molecule has 0 spiro atoms. The van der Waals surface area contributed by atoms with E-state index >= 15 is 0 Å². The van der Waals surface area contributed by atoms with Gasteiger partial charge < -0.3 is 0 Å². The largest absolute Gasteiger partial charge is 0.268 e. The lowest BCUT2D eigenvalue weighted by molar-refractivity contribution is 1.19. The van der Waals surface area contributed by atoms with Gasteiger partial charge in [-0.25, -0.2) is 0 Å². The third-order valence-corrected chi connectivity index (χ3v) is 1.81. The Morgan fingerprint density at radius 2 is 1.91 bits per heavy atom. The Morgan fingerprint density at radius 1 is 1.09 bits per heavy atom. The molecule has 0 aromatic heterocycles. The van der Waals surface area contributed by atoms with E-state index in [1.165, 1.54) is 5.56 Å². The molecule has 0 saturated heterocycles. The highest BCUT2D eigenvalue weighted by Gasteiger charge is 2.05. The fourth-order valence-electron chi connectivity index (χ4n) is 1.21. The zero-order valence-corrected chi connectivity index (χ0v) is 6.14. The molecule has 0 N–H and O–H groups in total. The number of allylic oxidation sites excluding steroid dienone is 1. The molecule has 0 aliphatic carbocycles. The summed E-state index contributed by atoms with van der Waals surface area (Å²) < 4.78 is 0. The zero-order valence-electron chi connectivity index (χ0n) is 6.14. The van der Waals surface area contributed by atoms with Crippen molar-refractivity contribution in [3.63, 3.8) is 0 Å². The molecule has 1 aliphatic rings. The van der Waals surface area contributed by atoms with Gasteiger partial charge in [0, 0.05) is 18.3 Å². The SMILES string of the molecule is C1=CC(c2ccccc2)C=N1. The Bertz CT molecular complexity index is 273. The lowest BCUT2D eigenvalue weighted by atomic mass is 10.0. The Balaban J connectivity index is 2.30. The molecule has 2 rings (SSSR count). The predicted molar refractivity (Wildman–Crippen MR) is 46.8 cm³/mol. The normalized spacial score (nSPS) is 20.9. The molecule has 1 heteroatoms. The lowest BCUT2D eigenvalue weighted by Crippen LogP contribution is -1.91. The van der Waals surface area contributed by atoms with E-state index in [0.717, 1.165) is 0 Å². The van der Waals surface area contributed by atoms with Crippen LogP contribution in [0.2, 0.25) is 0 Å². The van der Waals surface area contributed by atoms with Crippen LogP contribution in [-0.2, 0) is 0 Å². The number of hydrogen-bond acceptors (Lipinski definition) is 1. The highest BCUT2D eigenvalue weighted by atomic mass is 14.7. The van der Waals surface area contributed by atoms with Crippen LogP contribution >= 0.6 is 0 Å². The highest BCUT2D eigenvalue weighted by Crippen LogP contribution is 2.17. The second kappa shape index (κ2) is 2.70. The van der Waals surface area contributed by atoms with E-state index < -0.39 is 0 Å². The molecule has 0 saturated carbocycles. The molecule has 0 fully saturated rings. The van der Waals surface area contributed by atoms with Gasteiger partial charge in [-0.1, -0.05) is 36.4 Å². The van der Waals surface area contributed by atoms with Crippen molar-refractivity contribution in [2.24, 2.45) is 4.99 Å². The van der Waals surface area contributed by atoms with Crippen molar-refractivity contribution < 1.29 is 0 Å². The molecule has 11 heavy (non-hydrogen) atoms. The van der Waals surface area contributed by atoms with Crippen LogP contribution < -0.4 is 0 Å². The van der Waals surface area contributed by atoms with Crippen LogP contribution in [0.15, 0.2) is 47.6 Å². The molecule has 1 aromatic rings. The Hall–Kier alpha value is -1.37. The van der Waals surface area contributed by atoms with E-state index in [-0.39, 0.29) is 0 Å². The maximum Gasteiger partial charge on any atom is 0.0391 e. The summed E-state index contributed by atoms with van der Waals surface area (Å²) in [5, 5.41) is 0. The van der Waals surface area contributed by atoms with Gasteiger partial charge in [0.1, 0.15) is 0 Å². The van der Waals surface area contributed by atoms with Gasteiger partial charge in [-0.3, -0.25) is 4.99 Å². The van der Waals surface area contributed by atoms with Gasteiger partial charge in [0.2, 0.25) is 0 Å². The van der Waals surface area contributed by atoms with Crippen molar-refractivity contribution in [2.75, 3.05) is 0 Å². The molecule has 0 bridgehead atoms. The summed E-state index contributed by atoms with van der Waals surface area (Å²) in [5.74, 6) is 0.399. The first-order valence-corrected chi connectivity index (χ1v) is 3.72. The van der Waals surface area contributed by atoms with Crippen LogP contribution in [0.4, 0.5) is 0 Å². The number of aliphatic imine (C=N–C) groups is 1. The minimum absolute atomic E-state index is 0.399. The summed E-state index contributed by atoms with van der Waals surface area (Å²) in [6, 6.07) is 10.4. The fraction of sp³-hybridized carbons (Fsp3) is 0.100. The van der Waals surface area contributed by atoms with Crippen molar-refractivity contribution in [1.82, 2.24) is 0 Å². The van der Waals surface area contributed by atoms with E-state index in [9.17, 15) is 0 Å². The van der Waals surface area contributed by atoms with Crippen LogP contribution in [-0.4, -0.2) is 6.21 Å². The number of nitrogens with zero attached hydrogens (tertiary/aromatic N) is 1. The average Bonchev–Trinajstić information content (AvgIpc) is 2.58. The van der Waals surface area contributed by atoms with Gasteiger partial charge in [0.15, 0.2) is 0 Å². The molecule has 1 aliphatic heterocycles. The molecule has 1 unspecified atom stereocenters. The number of benzene rings is 1. The van der Waals surface area contributed by atoms with Crippen LogP contribution in [0.5, 0.6) is 0 Å². The van der Waals surface area contributed by atoms with Crippen molar-refractivity contribution in [3.05, 3.63) is 48.2 Å². The Kier molecular flexibility index (Phi) is 1.56. The van der Waals surface area contributed by atoms with Crippen molar-refractivity contribution in [1.29, 1.82) is 0 Å². The third kappa shape index (κ3) is 1.22. The van der Waals surface area contributed by atoms with E-state index in [4.69, 9.17) is 0 Å². The van der Waals surface area contributed by atoms with Crippen molar-refractivity contribution >= 4 is 6.21 Å². The molecule has 1 nitrogen and oxygen atoms in total. The highest BCUT2D eigenvalue weighted by molar-refractivity contribution is 5.73. The molecule has 1 atom stereocenters. The van der Waals surface area contributed by atoms with Gasteiger partial charge in [0.25, 0.3) is 0 Å². The average molecular weight is 143 g/mol. The van der Waals surface area contributed by atoms with Crippen LogP contribution in [0.25, 0.3) is 0 Å². The van der Waals surface area contributed by atoms with Crippen LogP contribution in [0.1, 0.15) is 11.5 Å². The van der Waals surface area contributed by atoms with E-state index in [1.54, 1.807) is 0 Å². The quantitative estimate of drug-likeness (QED) is 0.572. The summed E-state index contributed by atoms with van der Waals surface area (Å²) in [7, 11) is 0. The lowest BCUT2D eigenvalue weighted by Gasteiger charge is -2.01. The zero-order chi connectivity index (χ0) is 7.52. The Labute approximate surface area is 66.1 Å². The van der Waals surface area contributed by atoms with Crippen LogP contribution in [0, 0.1) is 0 Å². The number of rotatable bonds is 1. The van der Waals surface area contributed by atoms with Gasteiger partial charge in [0.05, 0.1) is 0 Å². The summed E-state index contributed by atoms with van der Waals surface area (Å²) >= 11 is 0. The van der Waals surface area contributed by atoms with Gasteiger partial charge in [-0.05, 0) is 5.56 Å². The second-order valence-corrected chi connectivity index (χ2v) is 2.58. The van der Waals surface area contributed by atoms with E-state index in [2.05, 4.69) is 35.3 Å². The number of hydrogen-bond donors (Lipinski definition) is 0. The monoisotopic (exact) mass is 143 g/mol. The van der Waals surface area contributed by atoms with E-state index in [1.807, 2.05) is 18.5 Å². The fourth-order valence-corrected chi connectivity index (χ4v) is 1.21. The molecular weight excluding hydrogens is 134 g/mol. The van der Waals surface area contributed by atoms with Gasteiger partial charge in [-0.2, -0.15) is 0 Å². The Morgan fingerprint density at radius 3 is 2.55 bits per heavy atom. The van der Waals surface area contributed by atoms with Gasteiger partial charge in [-0.15, -0.1) is 0 Å². The molecule has 1 aromatic carbocycles. The molecular formula is C10H9N. The summed E-state index contributed by atoms with van der Waals surface area (Å²) in [6.45, 7) is 0. The predicted octanol–water partition coefficient (Wildman–Crippen LogP) is 2.37. The second-order valence-electron chi connectivity index (χ2n) is 2.58. The summed E-state index contributed by atoms with van der Waals surface area (Å²) in [4.78, 5) is 4.04. The summed E-state index contributed by atoms with van der Waals surface area (Å²) in [6.07, 6.45) is 5.89. The van der Waals surface area contributed by atoms with E-state index in [0.29, 0.717) is 5.92 Å². The standard InChI is InChI=1S/C10H9N/c1-2-4-9(5-3-1)10-6-7-11-8-10/h1-8,10H. The van der Waals surface area contributed by atoms with Gasteiger partial charge >= 0.3 is 0 Å². The van der Waals surface area contributed by atoms with Crippen LogP contribution in [0.3, 0.4) is 0 Å². The molecule has 1 heterocycles. The maximum atomic E-state index is 4.04. The van der Waals surface area contributed by atoms with Crippen molar-refractivity contribution in [2.45, 2.75) is 5.92 Å². The first-order chi connectivity index (χ1) is 5.47. The molecule has 0 amide bonds. The maximum absolute atomic E-state index is 4.04. The molecule has 0 radical (unpaired) electrons. The molecule has 54 valence electrons. The minimum atomic E-state index is 0.399. The minimum Gasteiger partial charge on any atom is -0.268 e. The first kappa shape index (κ1) is 6.35. The summed E-state index contributed by atoms with van der Waals surface area (Å²) in [5.41, 5.74) is 1.31. The smallest absolute Gasteiger partial charge is 0.0391 e. The first-order valence-electron chi connectivity index (χ1n) is 3.72.